The molecule has 22 heavy (non-hydrogen) atoms. The largest absolute Gasteiger partial charge is 0.264 e. The summed E-state index contributed by atoms with van der Waals surface area (Å²) in [6.07, 6.45) is 2.30. The zero-order chi connectivity index (χ0) is 15.7. The van der Waals surface area contributed by atoms with E-state index in [4.69, 9.17) is 11.6 Å². The Labute approximate surface area is 133 Å². The van der Waals surface area contributed by atoms with Crippen molar-refractivity contribution < 1.29 is 12.8 Å². The van der Waals surface area contributed by atoms with E-state index in [1.165, 1.54) is 16.4 Å². The number of hydrogen-bond acceptors (Lipinski definition) is 3. The lowest BCUT2D eigenvalue weighted by Crippen LogP contribution is -2.29. The standard InChI is InChI=1S/C14H15ClFN3O2S/c15-12-10-11(2-3-13(12)16)14-4-5-17-19(14)8-7-18-6-1-9-22(18,20)21/h2-5,10H,1,6-9H2. The number of nitrogens with zero attached hydrogens (tertiary/aromatic N) is 3. The first-order chi connectivity index (χ1) is 10.5. The summed E-state index contributed by atoms with van der Waals surface area (Å²) in [5, 5.41) is 4.26. The minimum absolute atomic E-state index is 0.0485. The van der Waals surface area contributed by atoms with Gasteiger partial charge in [-0.2, -0.15) is 5.10 Å². The molecule has 0 radical (unpaired) electrons. The van der Waals surface area contributed by atoms with Crippen LogP contribution in [0.25, 0.3) is 11.3 Å². The van der Waals surface area contributed by atoms with Crippen LogP contribution in [0.1, 0.15) is 6.42 Å². The maximum atomic E-state index is 13.3. The SMILES string of the molecule is O=S1(=O)CCCN1CCn1nccc1-c1ccc(F)c(Cl)c1. The fourth-order valence-electron chi connectivity index (χ4n) is 2.56. The Morgan fingerprint density at radius 2 is 2.09 bits per heavy atom. The van der Waals surface area contributed by atoms with Crippen molar-refractivity contribution in [2.24, 2.45) is 0 Å². The molecule has 0 bridgehead atoms. The molecule has 1 aliphatic heterocycles. The van der Waals surface area contributed by atoms with Gasteiger partial charge < -0.3 is 0 Å². The second-order valence-corrected chi connectivity index (χ2v) is 7.63. The molecule has 0 amide bonds. The Morgan fingerprint density at radius 1 is 1.27 bits per heavy atom. The summed E-state index contributed by atoms with van der Waals surface area (Å²) < 4.78 is 40.0. The summed E-state index contributed by atoms with van der Waals surface area (Å²) in [6.45, 7) is 1.38. The van der Waals surface area contributed by atoms with Gasteiger partial charge in [-0.1, -0.05) is 11.6 Å². The smallest absolute Gasteiger partial charge is 0.214 e. The average molecular weight is 344 g/mol. The molecular weight excluding hydrogens is 329 g/mol. The highest BCUT2D eigenvalue weighted by Gasteiger charge is 2.27. The summed E-state index contributed by atoms with van der Waals surface area (Å²) in [6, 6.07) is 6.26. The lowest BCUT2D eigenvalue weighted by molar-refractivity contribution is 0.410. The van der Waals surface area contributed by atoms with Gasteiger partial charge in [0.05, 0.1) is 23.0 Å². The van der Waals surface area contributed by atoms with Gasteiger partial charge in [-0.05, 0) is 30.7 Å². The molecule has 0 spiro atoms. The minimum Gasteiger partial charge on any atom is -0.264 e. The monoisotopic (exact) mass is 343 g/mol. The quantitative estimate of drug-likeness (QED) is 0.856. The van der Waals surface area contributed by atoms with E-state index >= 15 is 0 Å². The fourth-order valence-corrected chi connectivity index (χ4v) is 4.26. The van der Waals surface area contributed by atoms with E-state index < -0.39 is 15.8 Å². The first kappa shape index (κ1) is 15.5. The Morgan fingerprint density at radius 3 is 2.77 bits per heavy atom. The van der Waals surface area contributed by atoms with Crippen LogP contribution in [-0.2, 0) is 16.6 Å². The topological polar surface area (TPSA) is 55.2 Å². The van der Waals surface area contributed by atoms with Crippen molar-refractivity contribution in [1.82, 2.24) is 14.1 Å². The molecule has 1 aromatic carbocycles. The van der Waals surface area contributed by atoms with E-state index in [1.807, 2.05) is 0 Å². The number of hydrogen-bond donors (Lipinski definition) is 0. The maximum Gasteiger partial charge on any atom is 0.214 e. The van der Waals surface area contributed by atoms with E-state index in [2.05, 4.69) is 5.10 Å². The fraction of sp³-hybridized carbons (Fsp3) is 0.357. The molecule has 5 nitrogen and oxygen atoms in total. The molecule has 1 aliphatic rings. The van der Waals surface area contributed by atoms with Crippen molar-refractivity contribution in [2.75, 3.05) is 18.8 Å². The van der Waals surface area contributed by atoms with Gasteiger partial charge in [0.15, 0.2) is 0 Å². The van der Waals surface area contributed by atoms with Gasteiger partial charge in [-0.15, -0.1) is 0 Å². The minimum atomic E-state index is -3.11. The molecule has 2 aromatic rings. The maximum absolute atomic E-state index is 13.3. The van der Waals surface area contributed by atoms with Gasteiger partial charge in [0.1, 0.15) is 5.82 Å². The number of rotatable bonds is 4. The Kier molecular flexibility index (Phi) is 4.20. The van der Waals surface area contributed by atoms with Crippen LogP contribution in [0.5, 0.6) is 0 Å². The van der Waals surface area contributed by atoms with Crippen molar-refractivity contribution in [3.05, 3.63) is 41.3 Å². The zero-order valence-corrected chi connectivity index (χ0v) is 13.3. The molecule has 0 unspecified atom stereocenters. The molecule has 8 heteroatoms. The highest BCUT2D eigenvalue weighted by atomic mass is 35.5. The van der Waals surface area contributed by atoms with E-state index in [-0.39, 0.29) is 10.8 Å². The molecule has 3 rings (SSSR count). The van der Waals surface area contributed by atoms with Crippen molar-refractivity contribution in [3.8, 4) is 11.3 Å². The lowest BCUT2D eigenvalue weighted by Gasteiger charge is -2.15. The van der Waals surface area contributed by atoms with Crippen LogP contribution in [0.3, 0.4) is 0 Å². The number of halogens is 2. The highest BCUT2D eigenvalue weighted by Crippen LogP contribution is 2.25. The van der Waals surface area contributed by atoms with E-state index in [1.54, 1.807) is 23.0 Å². The van der Waals surface area contributed by atoms with Crippen LogP contribution in [0.4, 0.5) is 4.39 Å². The van der Waals surface area contributed by atoms with E-state index in [0.717, 1.165) is 11.3 Å². The van der Waals surface area contributed by atoms with Gasteiger partial charge in [0.25, 0.3) is 0 Å². The Hall–Kier alpha value is -1.44. The second-order valence-electron chi connectivity index (χ2n) is 5.14. The first-order valence-corrected chi connectivity index (χ1v) is 8.91. The summed E-state index contributed by atoms with van der Waals surface area (Å²) in [7, 11) is -3.11. The molecule has 0 saturated carbocycles. The van der Waals surface area contributed by atoms with Crippen molar-refractivity contribution in [1.29, 1.82) is 0 Å². The van der Waals surface area contributed by atoms with Crippen LogP contribution < -0.4 is 0 Å². The predicted octanol–water partition coefficient (Wildman–Crippen LogP) is 2.38. The normalized spacial score (nSPS) is 17.9. The number of aromatic nitrogens is 2. The van der Waals surface area contributed by atoms with Crippen molar-refractivity contribution in [2.45, 2.75) is 13.0 Å². The molecule has 0 N–H and O–H groups in total. The highest BCUT2D eigenvalue weighted by molar-refractivity contribution is 7.89. The number of benzene rings is 1. The molecule has 1 saturated heterocycles. The molecule has 0 atom stereocenters. The lowest BCUT2D eigenvalue weighted by atomic mass is 10.1. The van der Waals surface area contributed by atoms with E-state index in [0.29, 0.717) is 26.1 Å². The Balaban J connectivity index is 1.79. The molecule has 0 aliphatic carbocycles. The van der Waals surface area contributed by atoms with Gasteiger partial charge >= 0.3 is 0 Å². The van der Waals surface area contributed by atoms with Crippen LogP contribution in [-0.4, -0.2) is 41.3 Å². The number of sulfonamides is 1. The van der Waals surface area contributed by atoms with E-state index in [9.17, 15) is 12.8 Å². The predicted molar refractivity (Wildman–Crippen MR) is 82.6 cm³/mol. The second kappa shape index (κ2) is 5.98. The molecule has 1 fully saturated rings. The third kappa shape index (κ3) is 3.02. The molecular formula is C14H15ClFN3O2S. The van der Waals surface area contributed by atoms with Crippen LogP contribution in [0, 0.1) is 5.82 Å². The summed E-state index contributed by atoms with van der Waals surface area (Å²) in [5.41, 5.74) is 1.52. The van der Waals surface area contributed by atoms with Crippen LogP contribution in [0.15, 0.2) is 30.5 Å². The summed E-state index contributed by atoms with van der Waals surface area (Å²) in [4.78, 5) is 0. The third-order valence-electron chi connectivity index (χ3n) is 3.70. The van der Waals surface area contributed by atoms with Crippen molar-refractivity contribution in [3.63, 3.8) is 0 Å². The molecule has 1 aromatic heterocycles. The third-order valence-corrected chi connectivity index (χ3v) is 5.94. The summed E-state index contributed by atoms with van der Waals surface area (Å²) >= 11 is 5.81. The van der Waals surface area contributed by atoms with Gasteiger partial charge in [0.2, 0.25) is 10.0 Å². The molecule has 2 heterocycles. The first-order valence-electron chi connectivity index (χ1n) is 6.92. The van der Waals surface area contributed by atoms with Gasteiger partial charge in [-0.3, -0.25) is 4.68 Å². The molecule has 118 valence electrons. The zero-order valence-electron chi connectivity index (χ0n) is 11.7. The van der Waals surface area contributed by atoms with Crippen LogP contribution in [0.2, 0.25) is 5.02 Å². The van der Waals surface area contributed by atoms with Gasteiger partial charge in [-0.25, -0.2) is 17.1 Å². The Bertz CT molecular complexity index is 791. The van der Waals surface area contributed by atoms with Crippen LogP contribution >= 0.6 is 11.6 Å². The summed E-state index contributed by atoms with van der Waals surface area (Å²) in [5.74, 6) is -0.258. The van der Waals surface area contributed by atoms with Gasteiger partial charge in [0, 0.05) is 24.8 Å². The average Bonchev–Trinajstić information content (AvgIpc) is 3.05. The van der Waals surface area contributed by atoms with Crippen molar-refractivity contribution >= 4 is 21.6 Å².